The number of nitrogens with two attached hydrogens (primary N) is 1. The van der Waals surface area contributed by atoms with Gasteiger partial charge in [0.05, 0.1) is 12.1 Å². The Labute approximate surface area is 108 Å². The summed E-state index contributed by atoms with van der Waals surface area (Å²) in [6.07, 6.45) is 5.05. The van der Waals surface area contributed by atoms with E-state index in [4.69, 9.17) is 10.5 Å². The topological polar surface area (TPSA) is 64.4 Å². The monoisotopic (exact) mass is 248 g/mol. The number of hydrogen-bond acceptors (Lipinski definition) is 3. The first kappa shape index (κ1) is 12.9. The number of ether oxygens (including phenoxy) is 1. The molecular formula is C14H20N2O2. The third-order valence-electron chi connectivity index (χ3n) is 3.12. The minimum atomic E-state index is -0.510. The Morgan fingerprint density at radius 2 is 2.17 bits per heavy atom. The molecule has 0 radical (unpaired) electrons. The Morgan fingerprint density at radius 3 is 2.83 bits per heavy atom. The van der Waals surface area contributed by atoms with Gasteiger partial charge in [0.25, 0.3) is 0 Å². The number of anilines is 1. The molecule has 0 bridgehead atoms. The molecule has 1 saturated carbocycles. The molecule has 0 aromatic heterocycles. The van der Waals surface area contributed by atoms with Crippen LogP contribution in [0.4, 0.5) is 5.69 Å². The van der Waals surface area contributed by atoms with Crippen molar-refractivity contribution in [2.45, 2.75) is 44.8 Å². The highest BCUT2D eigenvalue weighted by Crippen LogP contribution is 2.25. The van der Waals surface area contributed by atoms with Crippen LogP contribution in [0.5, 0.6) is 5.75 Å². The molecule has 4 heteroatoms. The fourth-order valence-corrected chi connectivity index (χ4v) is 2.10. The van der Waals surface area contributed by atoms with Gasteiger partial charge in [0.2, 0.25) is 5.91 Å². The molecule has 18 heavy (non-hydrogen) atoms. The van der Waals surface area contributed by atoms with Crippen molar-refractivity contribution in [3.8, 4) is 5.75 Å². The highest BCUT2D eigenvalue weighted by molar-refractivity contribution is 5.94. The van der Waals surface area contributed by atoms with E-state index in [0.717, 1.165) is 24.3 Å². The Morgan fingerprint density at radius 1 is 1.44 bits per heavy atom. The zero-order valence-corrected chi connectivity index (χ0v) is 10.7. The van der Waals surface area contributed by atoms with E-state index >= 15 is 0 Å². The molecule has 2 rings (SSSR count). The number of hydrogen-bond donors (Lipinski definition) is 2. The highest BCUT2D eigenvalue weighted by Gasteiger charge is 2.16. The van der Waals surface area contributed by atoms with Gasteiger partial charge in [-0.1, -0.05) is 6.07 Å². The lowest BCUT2D eigenvalue weighted by Crippen LogP contribution is -2.32. The quantitative estimate of drug-likeness (QED) is 0.859. The summed E-state index contributed by atoms with van der Waals surface area (Å²) in [5.41, 5.74) is 6.24. The standard InChI is InChI=1S/C14H20N2O2/c1-10(15)14(17)16-11-5-4-8-13(9-11)18-12-6-2-3-7-12/h4-5,8-10,12H,2-3,6-7,15H2,1H3,(H,16,17). The largest absolute Gasteiger partial charge is 0.490 e. The summed E-state index contributed by atoms with van der Waals surface area (Å²) in [5.74, 6) is 0.623. The zero-order chi connectivity index (χ0) is 13.0. The minimum Gasteiger partial charge on any atom is -0.490 e. The van der Waals surface area contributed by atoms with E-state index in [9.17, 15) is 4.79 Å². The number of carbonyl (C=O) groups excluding carboxylic acids is 1. The fourth-order valence-electron chi connectivity index (χ4n) is 2.10. The average molecular weight is 248 g/mol. The van der Waals surface area contributed by atoms with Gasteiger partial charge < -0.3 is 15.8 Å². The molecule has 1 aliphatic carbocycles. The lowest BCUT2D eigenvalue weighted by Gasteiger charge is -2.14. The van der Waals surface area contributed by atoms with Gasteiger partial charge >= 0.3 is 0 Å². The Bertz CT molecular complexity index is 412. The second-order valence-corrected chi connectivity index (χ2v) is 4.83. The van der Waals surface area contributed by atoms with Gasteiger partial charge in [-0.05, 0) is 44.7 Å². The van der Waals surface area contributed by atoms with Crippen LogP contribution in [0.1, 0.15) is 32.6 Å². The van der Waals surface area contributed by atoms with Gasteiger partial charge in [-0.15, -0.1) is 0 Å². The highest BCUT2D eigenvalue weighted by atomic mass is 16.5. The zero-order valence-electron chi connectivity index (χ0n) is 10.7. The van der Waals surface area contributed by atoms with E-state index < -0.39 is 6.04 Å². The minimum absolute atomic E-state index is 0.187. The van der Waals surface area contributed by atoms with Crippen LogP contribution in [-0.4, -0.2) is 18.1 Å². The Kier molecular flexibility index (Phi) is 4.20. The van der Waals surface area contributed by atoms with Crippen LogP contribution in [0.25, 0.3) is 0 Å². The van der Waals surface area contributed by atoms with E-state index in [2.05, 4.69) is 5.32 Å². The predicted octanol–water partition coefficient (Wildman–Crippen LogP) is 2.29. The van der Waals surface area contributed by atoms with Crippen molar-refractivity contribution < 1.29 is 9.53 Å². The third-order valence-corrected chi connectivity index (χ3v) is 3.12. The van der Waals surface area contributed by atoms with Gasteiger partial charge in [-0.2, -0.15) is 0 Å². The smallest absolute Gasteiger partial charge is 0.241 e. The number of benzene rings is 1. The summed E-state index contributed by atoms with van der Waals surface area (Å²) >= 11 is 0. The SMILES string of the molecule is CC(N)C(=O)Nc1cccc(OC2CCCC2)c1. The van der Waals surface area contributed by atoms with E-state index in [1.807, 2.05) is 24.3 Å². The molecule has 0 saturated heterocycles. The van der Waals surface area contributed by atoms with Crippen LogP contribution in [0, 0.1) is 0 Å². The van der Waals surface area contributed by atoms with Crippen molar-refractivity contribution in [1.29, 1.82) is 0 Å². The van der Waals surface area contributed by atoms with Crippen LogP contribution in [0.15, 0.2) is 24.3 Å². The molecule has 1 amide bonds. The molecule has 1 aromatic carbocycles. The molecule has 1 aliphatic rings. The lowest BCUT2D eigenvalue weighted by atomic mass is 10.2. The molecule has 0 aliphatic heterocycles. The van der Waals surface area contributed by atoms with Gasteiger partial charge in [0.1, 0.15) is 5.75 Å². The molecule has 1 atom stereocenters. The maximum absolute atomic E-state index is 11.5. The van der Waals surface area contributed by atoms with Gasteiger partial charge in [-0.3, -0.25) is 4.79 Å². The molecule has 98 valence electrons. The Hall–Kier alpha value is -1.55. The van der Waals surface area contributed by atoms with Crippen LogP contribution in [-0.2, 0) is 4.79 Å². The van der Waals surface area contributed by atoms with Crippen molar-refractivity contribution in [3.05, 3.63) is 24.3 Å². The first-order valence-electron chi connectivity index (χ1n) is 6.48. The molecule has 1 unspecified atom stereocenters. The van der Waals surface area contributed by atoms with Gasteiger partial charge in [0.15, 0.2) is 0 Å². The van der Waals surface area contributed by atoms with Crippen LogP contribution < -0.4 is 15.8 Å². The maximum Gasteiger partial charge on any atom is 0.241 e. The Balaban J connectivity index is 1.98. The molecule has 0 heterocycles. The van der Waals surface area contributed by atoms with Gasteiger partial charge in [0, 0.05) is 11.8 Å². The van der Waals surface area contributed by atoms with E-state index in [1.54, 1.807) is 6.92 Å². The molecule has 0 spiro atoms. The summed E-state index contributed by atoms with van der Waals surface area (Å²) < 4.78 is 5.88. The average Bonchev–Trinajstić information content (AvgIpc) is 2.82. The van der Waals surface area contributed by atoms with Crippen molar-refractivity contribution in [2.24, 2.45) is 5.73 Å². The second kappa shape index (κ2) is 5.87. The predicted molar refractivity (Wildman–Crippen MR) is 71.6 cm³/mol. The summed E-state index contributed by atoms with van der Waals surface area (Å²) in [6.45, 7) is 1.66. The first-order valence-corrected chi connectivity index (χ1v) is 6.48. The van der Waals surface area contributed by atoms with Crippen molar-refractivity contribution in [1.82, 2.24) is 0 Å². The third kappa shape index (κ3) is 3.47. The summed E-state index contributed by atoms with van der Waals surface area (Å²) in [4.78, 5) is 11.5. The normalized spacial score (nSPS) is 17.4. The van der Waals surface area contributed by atoms with E-state index in [-0.39, 0.29) is 5.91 Å². The van der Waals surface area contributed by atoms with Crippen LogP contribution >= 0.6 is 0 Å². The summed E-state index contributed by atoms with van der Waals surface area (Å²) in [5, 5.41) is 2.76. The van der Waals surface area contributed by atoms with Crippen LogP contribution in [0.3, 0.4) is 0 Å². The molecule has 1 aromatic rings. The first-order chi connectivity index (χ1) is 8.65. The molecular weight excluding hydrogens is 228 g/mol. The van der Waals surface area contributed by atoms with Crippen molar-refractivity contribution in [3.63, 3.8) is 0 Å². The fraction of sp³-hybridized carbons (Fsp3) is 0.500. The molecule has 1 fully saturated rings. The number of nitrogens with one attached hydrogen (secondary N) is 1. The van der Waals surface area contributed by atoms with Crippen molar-refractivity contribution in [2.75, 3.05) is 5.32 Å². The molecule has 3 N–H and O–H groups in total. The number of rotatable bonds is 4. The van der Waals surface area contributed by atoms with Crippen molar-refractivity contribution >= 4 is 11.6 Å². The van der Waals surface area contributed by atoms with Crippen LogP contribution in [0.2, 0.25) is 0 Å². The maximum atomic E-state index is 11.5. The number of amides is 1. The van der Waals surface area contributed by atoms with E-state index in [0.29, 0.717) is 6.10 Å². The number of carbonyl (C=O) groups is 1. The van der Waals surface area contributed by atoms with E-state index in [1.165, 1.54) is 12.8 Å². The molecule has 4 nitrogen and oxygen atoms in total. The summed E-state index contributed by atoms with van der Waals surface area (Å²) in [6, 6.07) is 6.96. The lowest BCUT2D eigenvalue weighted by molar-refractivity contribution is -0.117. The second-order valence-electron chi connectivity index (χ2n) is 4.83. The summed E-state index contributed by atoms with van der Waals surface area (Å²) in [7, 11) is 0. The van der Waals surface area contributed by atoms with Gasteiger partial charge in [-0.25, -0.2) is 0 Å².